The zero-order valence-electron chi connectivity index (χ0n) is 13.5. The number of anilines is 1. The number of ether oxygens (including phenoxy) is 1. The molecule has 0 radical (unpaired) electrons. The van der Waals surface area contributed by atoms with Crippen molar-refractivity contribution in [1.82, 2.24) is 9.78 Å². The third-order valence-electron chi connectivity index (χ3n) is 4.00. The molecular formula is C17H20ClN3O2. The summed E-state index contributed by atoms with van der Waals surface area (Å²) in [5.74, 6) is 0.783. The molecule has 0 aliphatic carbocycles. The Morgan fingerprint density at radius 2 is 2.26 bits per heavy atom. The molecule has 1 amide bonds. The number of nitrogens with zero attached hydrogens (tertiary/aromatic N) is 3. The number of aromatic nitrogens is 2. The second-order valence-electron chi connectivity index (χ2n) is 5.96. The minimum absolute atomic E-state index is 0.0345. The van der Waals surface area contributed by atoms with Crippen LogP contribution in [0.25, 0.3) is 0 Å². The zero-order chi connectivity index (χ0) is 16.6. The highest BCUT2D eigenvalue weighted by Gasteiger charge is 2.27. The Bertz CT molecular complexity index is 741. The van der Waals surface area contributed by atoms with E-state index in [4.69, 9.17) is 16.3 Å². The van der Waals surface area contributed by atoms with Crippen LogP contribution in [0, 0.1) is 6.92 Å². The summed E-state index contributed by atoms with van der Waals surface area (Å²) >= 11 is 6.07. The Kier molecular flexibility index (Phi) is 4.31. The van der Waals surface area contributed by atoms with Gasteiger partial charge in [-0.3, -0.25) is 9.48 Å². The van der Waals surface area contributed by atoms with Crippen LogP contribution >= 0.6 is 11.6 Å². The van der Waals surface area contributed by atoms with Gasteiger partial charge in [-0.25, -0.2) is 0 Å². The van der Waals surface area contributed by atoms with E-state index in [0.717, 1.165) is 16.9 Å². The largest absolute Gasteiger partial charge is 0.487 e. The first-order valence-electron chi connectivity index (χ1n) is 7.69. The van der Waals surface area contributed by atoms with E-state index in [1.807, 2.05) is 33.2 Å². The maximum Gasteiger partial charge on any atom is 0.227 e. The molecule has 1 aliphatic heterocycles. The van der Waals surface area contributed by atoms with Gasteiger partial charge in [0, 0.05) is 24.7 Å². The minimum atomic E-state index is -0.0345. The van der Waals surface area contributed by atoms with Crippen molar-refractivity contribution in [3.05, 3.63) is 40.7 Å². The van der Waals surface area contributed by atoms with Gasteiger partial charge in [0.05, 0.1) is 17.9 Å². The summed E-state index contributed by atoms with van der Waals surface area (Å²) in [6, 6.07) is 5.38. The summed E-state index contributed by atoms with van der Waals surface area (Å²) < 4.78 is 7.57. The summed E-state index contributed by atoms with van der Waals surface area (Å²) in [4.78, 5) is 14.5. The lowest BCUT2D eigenvalue weighted by molar-refractivity contribution is -0.119. The molecule has 122 valence electrons. The summed E-state index contributed by atoms with van der Waals surface area (Å²) in [5.41, 5.74) is 2.83. The SMILES string of the molecule is Cc1nn(C)cc1CCC(=O)N1C[C@@H](C)Oc2ccc(Cl)cc21. The molecule has 6 heteroatoms. The zero-order valence-corrected chi connectivity index (χ0v) is 14.3. The molecule has 0 saturated carbocycles. The van der Waals surface area contributed by atoms with Gasteiger partial charge in [0.25, 0.3) is 0 Å². The van der Waals surface area contributed by atoms with Crippen LogP contribution in [-0.2, 0) is 18.3 Å². The molecule has 0 fully saturated rings. The van der Waals surface area contributed by atoms with E-state index >= 15 is 0 Å². The van der Waals surface area contributed by atoms with E-state index in [2.05, 4.69) is 5.10 Å². The summed E-state index contributed by atoms with van der Waals surface area (Å²) in [6.45, 7) is 4.47. The fraction of sp³-hybridized carbons (Fsp3) is 0.412. The first-order chi connectivity index (χ1) is 10.9. The number of carbonyl (C=O) groups excluding carboxylic acids is 1. The van der Waals surface area contributed by atoms with Crippen LogP contribution in [0.2, 0.25) is 5.02 Å². The minimum Gasteiger partial charge on any atom is -0.487 e. The molecule has 1 aromatic carbocycles. The van der Waals surface area contributed by atoms with Crippen molar-refractivity contribution in [3.63, 3.8) is 0 Å². The molecule has 0 spiro atoms. The molecule has 1 aromatic heterocycles. The van der Waals surface area contributed by atoms with Gasteiger partial charge in [0.2, 0.25) is 5.91 Å². The van der Waals surface area contributed by atoms with Crippen LogP contribution in [0.15, 0.2) is 24.4 Å². The Labute approximate surface area is 140 Å². The van der Waals surface area contributed by atoms with E-state index in [1.165, 1.54) is 0 Å². The van der Waals surface area contributed by atoms with Crippen molar-refractivity contribution in [2.75, 3.05) is 11.4 Å². The average Bonchev–Trinajstić information content (AvgIpc) is 2.82. The van der Waals surface area contributed by atoms with Crippen LogP contribution in [-0.4, -0.2) is 28.3 Å². The first-order valence-corrected chi connectivity index (χ1v) is 8.07. The topological polar surface area (TPSA) is 47.4 Å². The molecule has 23 heavy (non-hydrogen) atoms. The molecule has 1 atom stereocenters. The molecule has 0 unspecified atom stereocenters. The Morgan fingerprint density at radius 1 is 1.48 bits per heavy atom. The van der Waals surface area contributed by atoms with E-state index in [9.17, 15) is 4.79 Å². The number of hydrogen-bond donors (Lipinski definition) is 0. The third-order valence-corrected chi connectivity index (χ3v) is 4.24. The molecule has 0 saturated heterocycles. The number of hydrogen-bond acceptors (Lipinski definition) is 3. The van der Waals surface area contributed by atoms with Crippen LogP contribution < -0.4 is 9.64 Å². The highest BCUT2D eigenvalue weighted by atomic mass is 35.5. The number of amides is 1. The second kappa shape index (κ2) is 6.24. The monoisotopic (exact) mass is 333 g/mol. The van der Waals surface area contributed by atoms with E-state index < -0.39 is 0 Å². The Morgan fingerprint density at radius 3 is 2.96 bits per heavy atom. The van der Waals surface area contributed by atoms with Crippen LogP contribution in [0.5, 0.6) is 5.75 Å². The normalized spacial score (nSPS) is 16.9. The van der Waals surface area contributed by atoms with Crippen molar-refractivity contribution in [2.45, 2.75) is 32.8 Å². The smallest absolute Gasteiger partial charge is 0.227 e. The molecule has 5 nitrogen and oxygen atoms in total. The number of halogens is 1. The van der Waals surface area contributed by atoms with Crippen molar-refractivity contribution in [3.8, 4) is 5.75 Å². The molecule has 2 heterocycles. The fourth-order valence-electron chi connectivity index (χ4n) is 2.92. The van der Waals surface area contributed by atoms with Gasteiger partial charge in [-0.2, -0.15) is 5.10 Å². The van der Waals surface area contributed by atoms with Crippen molar-refractivity contribution in [1.29, 1.82) is 0 Å². The van der Waals surface area contributed by atoms with Gasteiger partial charge in [0.1, 0.15) is 11.9 Å². The standard InChI is InChI=1S/C17H20ClN3O2/c1-11-9-21(15-8-14(18)5-6-16(15)23-11)17(22)7-4-13-10-20(3)19-12(13)2/h5-6,8,10-11H,4,7,9H2,1-3H3/t11-/m1/s1. The molecule has 0 N–H and O–H groups in total. The number of aryl methyl sites for hydroxylation is 3. The Balaban J connectivity index is 1.77. The quantitative estimate of drug-likeness (QED) is 0.867. The van der Waals surface area contributed by atoms with Gasteiger partial charge >= 0.3 is 0 Å². The maximum absolute atomic E-state index is 12.7. The number of benzene rings is 1. The van der Waals surface area contributed by atoms with Crippen LogP contribution in [0.3, 0.4) is 0 Å². The van der Waals surface area contributed by atoms with Gasteiger partial charge < -0.3 is 9.64 Å². The summed E-state index contributed by atoms with van der Waals surface area (Å²) in [5, 5.41) is 4.92. The van der Waals surface area contributed by atoms with E-state index in [-0.39, 0.29) is 12.0 Å². The van der Waals surface area contributed by atoms with Gasteiger partial charge in [0.15, 0.2) is 0 Å². The Hall–Kier alpha value is -2.01. The maximum atomic E-state index is 12.7. The highest BCUT2D eigenvalue weighted by Crippen LogP contribution is 2.36. The van der Waals surface area contributed by atoms with Gasteiger partial charge in [-0.15, -0.1) is 0 Å². The molecule has 2 aromatic rings. The lowest BCUT2D eigenvalue weighted by Crippen LogP contribution is -2.42. The van der Waals surface area contributed by atoms with Crippen LogP contribution in [0.4, 0.5) is 5.69 Å². The molecular weight excluding hydrogens is 314 g/mol. The number of rotatable bonds is 3. The van der Waals surface area contributed by atoms with Crippen molar-refractivity contribution >= 4 is 23.2 Å². The van der Waals surface area contributed by atoms with Crippen molar-refractivity contribution < 1.29 is 9.53 Å². The van der Waals surface area contributed by atoms with E-state index in [1.54, 1.807) is 21.7 Å². The predicted molar refractivity (Wildman–Crippen MR) is 90.2 cm³/mol. The number of fused-ring (bicyclic) bond motifs is 1. The van der Waals surface area contributed by atoms with Crippen molar-refractivity contribution in [2.24, 2.45) is 7.05 Å². The highest BCUT2D eigenvalue weighted by molar-refractivity contribution is 6.31. The molecule has 1 aliphatic rings. The summed E-state index contributed by atoms with van der Waals surface area (Å²) in [7, 11) is 1.89. The third kappa shape index (κ3) is 3.34. The lowest BCUT2D eigenvalue weighted by atomic mass is 10.1. The fourth-order valence-corrected chi connectivity index (χ4v) is 3.08. The van der Waals surface area contributed by atoms with Crippen LogP contribution in [0.1, 0.15) is 24.6 Å². The lowest BCUT2D eigenvalue weighted by Gasteiger charge is -2.33. The van der Waals surface area contributed by atoms with E-state index in [0.29, 0.717) is 30.2 Å². The molecule has 3 rings (SSSR count). The predicted octanol–water partition coefficient (Wildman–Crippen LogP) is 3.13. The van der Waals surface area contributed by atoms with Gasteiger partial charge in [-0.1, -0.05) is 11.6 Å². The first kappa shape index (κ1) is 15.9. The second-order valence-corrected chi connectivity index (χ2v) is 6.39. The molecule has 0 bridgehead atoms. The van der Waals surface area contributed by atoms with Gasteiger partial charge in [-0.05, 0) is 44.0 Å². The number of carbonyl (C=O) groups is 1. The average molecular weight is 334 g/mol. The summed E-state index contributed by atoms with van der Waals surface area (Å²) in [6.07, 6.45) is 3.05.